The van der Waals surface area contributed by atoms with Crippen LogP contribution >= 0.6 is 0 Å². The minimum Gasteiger partial charge on any atom is -0.743 e. The van der Waals surface area contributed by atoms with Crippen LogP contribution in [0.4, 0.5) is 30.7 Å². The third-order valence-electron chi connectivity index (χ3n) is 3.18. The van der Waals surface area contributed by atoms with Crippen molar-refractivity contribution in [2.75, 3.05) is 13.2 Å². The van der Waals surface area contributed by atoms with Crippen molar-refractivity contribution in [3.8, 4) is 0 Å². The summed E-state index contributed by atoms with van der Waals surface area (Å²) in [5, 5.41) is -6.06. The first-order chi connectivity index (χ1) is 13.3. The zero-order valence-electron chi connectivity index (χ0n) is 15.4. The molecule has 0 amide bonds. The van der Waals surface area contributed by atoms with E-state index in [9.17, 15) is 53.3 Å². The Labute approximate surface area is 165 Å². The van der Waals surface area contributed by atoms with Gasteiger partial charge in [0.2, 0.25) is 0 Å². The van der Waals surface area contributed by atoms with E-state index in [0.717, 1.165) is 13.8 Å². The number of esters is 2. The average molecular weight is 477 g/mol. The van der Waals surface area contributed by atoms with Crippen LogP contribution in [-0.4, -0.2) is 61.3 Å². The molecule has 0 bridgehead atoms. The molecule has 8 nitrogen and oxygen atoms in total. The number of alkyl halides is 7. The van der Waals surface area contributed by atoms with Gasteiger partial charge in [0.1, 0.15) is 0 Å². The normalized spacial score (nSPS) is 15.3. The fourth-order valence-electron chi connectivity index (χ4n) is 1.67. The lowest BCUT2D eigenvalue weighted by Crippen LogP contribution is -2.58. The number of hydrogen-bond acceptors (Lipinski definition) is 8. The van der Waals surface area contributed by atoms with Gasteiger partial charge >= 0.3 is 35.1 Å². The van der Waals surface area contributed by atoms with Crippen LogP contribution < -0.4 is 0 Å². The first-order valence-corrected chi connectivity index (χ1v) is 9.15. The molecule has 0 fully saturated rings. The van der Waals surface area contributed by atoms with Gasteiger partial charge in [-0.3, -0.25) is 0 Å². The quantitative estimate of drug-likeness (QED) is 0.111. The Bertz CT molecular complexity index is 763. The zero-order valence-corrected chi connectivity index (χ0v) is 16.2. The van der Waals surface area contributed by atoms with Gasteiger partial charge in [-0.15, -0.1) is 0 Å². The number of carbonyl (C=O) groups is 2. The highest BCUT2D eigenvalue weighted by Crippen LogP contribution is 2.42. The van der Waals surface area contributed by atoms with Gasteiger partial charge in [-0.1, -0.05) is 6.58 Å². The molecule has 0 spiro atoms. The molecule has 0 aromatic heterocycles. The lowest BCUT2D eigenvalue weighted by molar-refractivity contribution is -0.355. The molecule has 16 heteroatoms. The minimum absolute atomic E-state index is 0.622. The first kappa shape index (κ1) is 28.1. The van der Waals surface area contributed by atoms with Gasteiger partial charge in [-0.25, -0.2) is 18.0 Å². The molecular weight excluding hydrogens is 461 g/mol. The highest BCUT2D eigenvalue weighted by molar-refractivity contribution is 7.86. The van der Waals surface area contributed by atoms with Crippen molar-refractivity contribution in [3.63, 3.8) is 0 Å². The van der Waals surface area contributed by atoms with Gasteiger partial charge in [0.15, 0.2) is 10.1 Å². The van der Waals surface area contributed by atoms with Crippen molar-refractivity contribution in [2.45, 2.75) is 49.8 Å². The maximum atomic E-state index is 13.5. The van der Waals surface area contributed by atoms with Crippen LogP contribution in [0.15, 0.2) is 12.2 Å². The summed E-state index contributed by atoms with van der Waals surface area (Å²) < 4.78 is 136. The number of carbonyl (C=O) groups excluding carboxylic acids is 2. The van der Waals surface area contributed by atoms with Gasteiger partial charge in [0.25, 0.3) is 0 Å². The van der Waals surface area contributed by atoms with Crippen molar-refractivity contribution in [1.82, 2.24) is 0 Å². The average Bonchev–Trinajstić information content (AvgIpc) is 2.55. The highest BCUT2D eigenvalue weighted by atomic mass is 32.2. The minimum atomic E-state index is -6.80. The molecule has 0 radical (unpaired) electrons. The largest absolute Gasteiger partial charge is 0.743 e. The van der Waals surface area contributed by atoms with Gasteiger partial charge in [0.05, 0.1) is 13.2 Å². The number of ether oxygens (including phenoxy) is 3. The third kappa shape index (κ3) is 6.04. The summed E-state index contributed by atoms with van der Waals surface area (Å²) in [4.78, 5) is 23.3. The molecule has 1 unspecified atom stereocenters. The SMILES string of the molecule is C=C(C)C(=O)OC(OCCCC(F)(F)C(F)(F)S(=O)(=O)[O-])(C(=O)OCC)C(F)(F)F. The molecule has 0 saturated heterocycles. The molecule has 176 valence electrons. The topological polar surface area (TPSA) is 119 Å². The van der Waals surface area contributed by atoms with Gasteiger partial charge in [-0.05, 0) is 20.3 Å². The highest BCUT2D eigenvalue weighted by Gasteiger charge is 2.68. The summed E-state index contributed by atoms with van der Waals surface area (Å²) in [6.07, 6.45) is -9.36. The fourth-order valence-corrected chi connectivity index (χ4v) is 2.14. The molecule has 0 heterocycles. The molecule has 0 aromatic rings. The van der Waals surface area contributed by atoms with E-state index in [4.69, 9.17) is 0 Å². The van der Waals surface area contributed by atoms with Crippen LogP contribution in [0.5, 0.6) is 0 Å². The second-order valence-electron chi connectivity index (χ2n) is 5.63. The maximum absolute atomic E-state index is 13.5. The Morgan fingerprint density at radius 1 is 1.07 bits per heavy atom. The molecule has 0 saturated carbocycles. The van der Waals surface area contributed by atoms with E-state index in [1.54, 1.807) is 0 Å². The molecular formula is C14H16F7O8S-. The van der Waals surface area contributed by atoms with Crippen LogP contribution in [0.25, 0.3) is 0 Å². The van der Waals surface area contributed by atoms with Crippen molar-refractivity contribution in [3.05, 3.63) is 12.2 Å². The van der Waals surface area contributed by atoms with E-state index in [0.29, 0.717) is 0 Å². The summed E-state index contributed by atoms with van der Waals surface area (Å²) in [5.74, 6) is -14.0. The summed E-state index contributed by atoms with van der Waals surface area (Å²) >= 11 is 0. The fraction of sp³-hybridized carbons (Fsp3) is 0.714. The van der Waals surface area contributed by atoms with E-state index in [-0.39, 0.29) is 0 Å². The molecule has 1 atom stereocenters. The van der Waals surface area contributed by atoms with Crippen molar-refractivity contribution in [2.24, 2.45) is 0 Å². The molecule has 0 rings (SSSR count). The summed E-state index contributed by atoms with van der Waals surface area (Å²) in [7, 11) is -6.80. The molecule has 30 heavy (non-hydrogen) atoms. The van der Waals surface area contributed by atoms with Crippen molar-refractivity contribution >= 4 is 22.1 Å². The Kier molecular flexibility index (Phi) is 8.85. The van der Waals surface area contributed by atoms with Crippen LogP contribution in [0.1, 0.15) is 26.7 Å². The summed E-state index contributed by atoms with van der Waals surface area (Å²) in [6.45, 7) is 2.75. The van der Waals surface area contributed by atoms with Crippen LogP contribution in [-0.2, 0) is 33.9 Å². The van der Waals surface area contributed by atoms with Crippen molar-refractivity contribution < 1.29 is 67.5 Å². The van der Waals surface area contributed by atoms with Crippen LogP contribution in [0.3, 0.4) is 0 Å². The van der Waals surface area contributed by atoms with Crippen molar-refractivity contribution in [1.29, 1.82) is 0 Å². The van der Waals surface area contributed by atoms with Gasteiger partial charge < -0.3 is 18.8 Å². The van der Waals surface area contributed by atoms with Gasteiger partial charge in [-0.2, -0.15) is 30.7 Å². The Hall–Kier alpha value is -1.94. The van der Waals surface area contributed by atoms with Crippen LogP contribution in [0, 0.1) is 0 Å². The lowest BCUT2D eigenvalue weighted by Gasteiger charge is -2.32. The van der Waals surface area contributed by atoms with E-state index in [2.05, 4.69) is 20.8 Å². The van der Waals surface area contributed by atoms with Crippen LogP contribution in [0.2, 0.25) is 0 Å². The lowest BCUT2D eigenvalue weighted by atomic mass is 10.2. The van der Waals surface area contributed by atoms with E-state index >= 15 is 0 Å². The van der Waals surface area contributed by atoms with E-state index < -0.39 is 76.8 Å². The molecule has 0 N–H and O–H groups in total. The maximum Gasteiger partial charge on any atom is 0.468 e. The standard InChI is InChI=1S/C14H17F7O8S/c1-4-27-10(23)12(13(17,18)19,29-9(22)8(2)3)28-7-5-6-11(15,16)14(20,21)30(24,25)26/h2,4-7H2,1,3H3,(H,24,25,26)/p-1. The third-order valence-corrected chi connectivity index (χ3v) is 4.11. The van der Waals surface area contributed by atoms with E-state index in [1.807, 2.05) is 0 Å². The number of halogens is 7. The Balaban J connectivity index is 5.67. The first-order valence-electron chi connectivity index (χ1n) is 7.74. The Morgan fingerprint density at radius 2 is 1.57 bits per heavy atom. The second kappa shape index (κ2) is 9.47. The molecule has 0 aliphatic heterocycles. The summed E-state index contributed by atoms with van der Waals surface area (Å²) in [6, 6.07) is 0. The summed E-state index contributed by atoms with van der Waals surface area (Å²) in [5.41, 5.74) is -0.622. The zero-order chi connectivity index (χ0) is 24.2. The van der Waals surface area contributed by atoms with Gasteiger partial charge in [0, 0.05) is 12.0 Å². The molecule has 0 aromatic carbocycles. The smallest absolute Gasteiger partial charge is 0.468 e. The molecule has 0 aliphatic rings. The van der Waals surface area contributed by atoms with E-state index in [1.165, 1.54) is 0 Å². The molecule has 0 aliphatic carbocycles. The predicted octanol–water partition coefficient (Wildman–Crippen LogP) is 2.50. The second-order valence-corrected chi connectivity index (χ2v) is 7.05. The predicted molar refractivity (Wildman–Crippen MR) is 81.1 cm³/mol. The Morgan fingerprint density at radius 3 is 1.93 bits per heavy atom. The monoisotopic (exact) mass is 477 g/mol. The number of rotatable bonds is 11. The number of hydrogen-bond donors (Lipinski definition) is 0.